The first kappa shape index (κ1) is 11.5. The van der Waals surface area contributed by atoms with Crippen LogP contribution < -0.4 is 11.1 Å². The number of nitrogens with two attached hydrogens (primary N) is 1. The number of anilines is 2. The molecule has 0 saturated carbocycles. The van der Waals surface area contributed by atoms with Crippen molar-refractivity contribution >= 4 is 11.4 Å². The molecule has 0 atom stereocenters. The van der Waals surface area contributed by atoms with E-state index < -0.39 is 0 Å². The highest BCUT2D eigenvalue weighted by Crippen LogP contribution is 2.22. The number of nitrogens with zero attached hydrogens (tertiary/aromatic N) is 2. The number of benzene rings is 1. The Morgan fingerprint density at radius 2 is 2.18 bits per heavy atom. The van der Waals surface area contributed by atoms with E-state index >= 15 is 0 Å². The van der Waals surface area contributed by atoms with Crippen LogP contribution in [0.25, 0.3) is 0 Å². The molecule has 4 nitrogen and oxygen atoms in total. The third kappa shape index (κ3) is 2.58. The molecule has 90 valence electrons. The van der Waals surface area contributed by atoms with Crippen LogP contribution in [0, 0.1) is 6.92 Å². The number of nitrogen functional groups attached to an aromatic ring is 1. The van der Waals surface area contributed by atoms with E-state index in [9.17, 15) is 0 Å². The van der Waals surface area contributed by atoms with Crippen LogP contribution in [0.1, 0.15) is 18.2 Å². The maximum atomic E-state index is 5.99. The van der Waals surface area contributed by atoms with E-state index in [1.165, 1.54) is 0 Å². The van der Waals surface area contributed by atoms with Crippen LogP contribution in [0.3, 0.4) is 0 Å². The second kappa shape index (κ2) is 4.91. The lowest BCUT2D eigenvalue weighted by Crippen LogP contribution is -2.05. The quantitative estimate of drug-likeness (QED) is 0.793. The van der Waals surface area contributed by atoms with Gasteiger partial charge in [0.05, 0.1) is 23.6 Å². The highest BCUT2D eigenvalue weighted by atomic mass is 15.3. The van der Waals surface area contributed by atoms with Crippen molar-refractivity contribution < 1.29 is 0 Å². The molecule has 0 spiro atoms. The van der Waals surface area contributed by atoms with Gasteiger partial charge in [0.2, 0.25) is 0 Å². The number of rotatable bonds is 4. The number of aryl methyl sites for hydroxylation is 2. The molecule has 0 bridgehead atoms. The number of nitrogens with one attached hydrogen (secondary N) is 1. The molecule has 1 aromatic carbocycles. The second-order valence-electron chi connectivity index (χ2n) is 4.05. The van der Waals surface area contributed by atoms with E-state index in [2.05, 4.69) is 17.3 Å². The Balaban J connectivity index is 2.04. The van der Waals surface area contributed by atoms with Crippen molar-refractivity contribution in [3.8, 4) is 0 Å². The minimum Gasteiger partial charge on any atom is -0.397 e. The van der Waals surface area contributed by atoms with Crippen molar-refractivity contribution in [2.75, 3.05) is 11.1 Å². The van der Waals surface area contributed by atoms with Crippen LogP contribution in [0.5, 0.6) is 0 Å². The molecule has 0 aliphatic heterocycles. The molecule has 2 aromatic rings. The summed E-state index contributed by atoms with van der Waals surface area (Å²) in [6.07, 6.45) is 1.98. The van der Waals surface area contributed by atoms with Crippen LogP contribution in [0.15, 0.2) is 30.5 Å². The van der Waals surface area contributed by atoms with Gasteiger partial charge in [-0.05, 0) is 31.5 Å². The van der Waals surface area contributed by atoms with E-state index in [0.717, 1.165) is 29.2 Å². The van der Waals surface area contributed by atoms with Gasteiger partial charge < -0.3 is 11.1 Å². The lowest BCUT2D eigenvalue weighted by atomic mass is 10.2. The molecule has 0 unspecified atom stereocenters. The van der Waals surface area contributed by atoms with E-state index in [1.54, 1.807) is 0 Å². The molecule has 0 saturated heterocycles. The van der Waals surface area contributed by atoms with Gasteiger partial charge in [0, 0.05) is 12.7 Å². The SMILES string of the molecule is CCn1ccc(CNc2cccc(C)c2N)n1. The second-order valence-corrected chi connectivity index (χ2v) is 4.05. The summed E-state index contributed by atoms with van der Waals surface area (Å²) in [6.45, 7) is 5.67. The summed E-state index contributed by atoms with van der Waals surface area (Å²) in [5.74, 6) is 0. The normalized spacial score (nSPS) is 10.5. The smallest absolute Gasteiger partial charge is 0.0815 e. The van der Waals surface area contributed by atoms with Crippen molar-refractivity contribution in [3.63, 3.8) is 0 Å². The summed E-state index contributed by atoms with van der Waals surface area (Å²) in [7, 11) is 0. The Kier molecular flexibility index (Phi) is 3.32. The van der Waals surface area contributed by atoms with E-state index in [4.69, 9.17) is 5.73 Å². The molecule has 0 fully saturated rings. The number of aromatic nitrogens is 2. The highest BCUT2D eigenvalue weighted by molar-refractivity contribution is 5.69. The van der Waals surface area contributed by atoms with Gasteiger partial charge in [0.15, 0.2) is 0 Å². The molecule has 3 N–H and O–H groups in total. The van der Waals surface area contributed by atoms with Crippen LogP contribution in [0.2, 0.25) is 0 Å². The third-order valence-corrected chi connectivity index (χ3v) is 2.80. The van der Waals surface area contributed by atoms with Gasteiger partial charge in [0.25, 0.3) is 0 Å². The van der Waals surface area contributed by atoms with Crippen LogP contribution >= 0.6 is 0 Å². The minimum atomic E-state index is 0.695. The summed E-state index contributed by atoms with van der Waals surface area (Å²) in [5, 5.41) is 7.72. The Labute approximate surface area is 101 Å². The minimum absolute atomic E-state index is 0.695. The van der Waals surface area contributed by atoms with Crippen LogP contribution in [0.4, 0.5) is 11.4 Å². The van der Waals surface area contributed by atoms with Crippen LogP contribution in [-0.2, 0) is 13.1 Å². The fourth-order valence-electron chi connectivity index (χ4n) is 1.69. The number of hydrogen-bond acceptors (Lipinski definition) is 3. The Hall–Kier alpha value is -1.97. The molecule has 0 aliphatic carbocycles. The van der Waals surface area contributed by atoms with Gasteiger partial charge in [-0.2, -0.15) is 5.10 Å². The number of hydrogen-bond donors (Lipinski definition) is 2. The van der Waals surface area contributed by atoms with Gasteiger partial charge >= 0.3 is 0 Å². The summed E-state index contributed by atoms with van der Waals surface area (Å²) in [6, 6.07) is 8.01. The predicted molar refractivity (Wildman–Crippen MR) is 70.8 cm³/mol. The average molecular weight is 230 g/mol. The molecule has 2 rings (SSSR count). The van der Waals surface area contributed by atoms with Gasteiger partial charge in [-0.1, -0.05) is 12.1 Å². The first-order chi connectivity index (χ1) is 8.20. The number of para-hydroxylation sites is 1. The highest BCUT2D eigenvalue weighted by Gasteiger charge is 2.02. The van der Waals surface area contributed by atoms with Gasteiger partial charge in [-0.25, -0.2) is 0 Å². The standard InChI is InChI=1S/C13H18N4/c1-3-17-8-7-11(16-17)9-15-12-6-4-5-10(2)13(12)14/h4-8,15H,3,9,14H2,1-2H3. The fraction of sp³-hybridized carbons (Fsp3) is 0.308. The molecular formula is C13H18N4. The lowest BCUT2D eigenvalue weighted by Gasteiger charge is -2.09. The van der Waals surface area contributed by atoms with E-state index in [-0.39, 0.29) is 0 Å². The molecule has 4 heteroatoms. The molecule has 1 heterocycles. The summed E-state index contributed by atoms with van der Waals surface area (Å²) < 4.78 is 1.91. The summed E-state index contributed by atoms with van der Waals surface area (Å²) in [4.78, 5) is 0. The van der Waals surface area contributed by atoms with Crippen molar-refractivity contribution in [1.82, 2.24) is 9.78 Å². The Morgan fingerprint density at radius 3 is 2.88 bits per heavy atom. The van der Waals surface area contributed by atoms with Crippen molar-refractivity contribution in [2.24, 2.45) is 0 Å². The molecule has 0 amide bonds. The van der Waals surface area contributed by atoms with Crippen molar-refractivity contribution in [3.05, 3.63) is 41.7 Å². The zero-order valence-electron chi connectivity index (χ0n) is 10.3. The Bertz CT molecular complexity index is 502. The van der Waals surface area contributed by atoms with E-state index in [1.807, 2.05) is 42.1 Å². The van der Waals surface area contributed by atoms with Crippen molar-refractivity contribution in [1.29, 1.82) is 0 Å². The van der Waals surface area contributed by atoms with Crippen molar-refractivity contribution in [2.45, 2.75) is 26.9 Å². The third-order valence-electron chi connectivity index (χ3n) is 2.80. The zero-order chi connectivity index (χ0) is 12.3. The predicted octanol–water partition coefficient (Wildman–Crippen LogP) is 2.41. The first-order valence-electron chi connectivity index (χ1n) is 5.82. The van der Waals surface area contributed by atoms with Crippen LogP contribution in [-0.4, -0.2) is 9.78 Å². The van der Waals surface area contributed by atoms with E-state index in [0.29, 0.717) is 6.54 Å². The zero-order valence-corrected chi connectivity index (χ0v) is 10.3. The topological polar surface area (TPSA) is 55.9 Å². The first-order valence-corrected chi connectivity index (χ1v) is 5.82. The molecule has 0 aliphatic rings. The Morgan fingerprint density at radius 1 is 1.35 bits per heavy atom. The lowest BCUT2D eigenvalue weighted by molar-refractivity contribution is 0.649. The molecule has 1 aromatic heterocycles. The van der Waals surface area contributed by atoms with Gasteiger partial charge in [-0.15, -0.1) is 0 Å². The maximum Gasteiger partial charge on any atom is 0.0815 e. The van der Waals surface area contributed by atoms with Gasteiger partial charge in [0.1, 0.15) is 0 Å². The fourth-order valence-corrected chi connectivity index (χ4v) is 1.69. The molecule has 17 heavy (non-hydrogen) atoms. The van der Waals surface area contributed by atoms with Gasteiger partial charge in [-0.3, -0.25) is 4.68 Å². The largest absolute Gasteiger partial charge is 0.397 e. The summed E-state index contributed by atoms with van der Waals surface area (Å²) in [5.41, 5.74) is 9.88. The maximum absolute atomic E-state index is 5.99. The monoisotopic (exact) mass is 230 g/mol. The molecular weight excluding hydrogens is 212 g/mol. The average Bonchev–Trinajstić information content (AvgIpc) is 2.79. The summed E-state index contributed by atoms with van der Waals surface area (Å²) >= 11 is 0. The molecule has 0 radical (unpaired) electrons.